The van der Waals surface area contributed by atoms with Gasteiger partial charge in [0.15, 0.2) is 0 Å². The van der Waals surface area contributed by atoms with E-state index in [4.69, 9.17) is 14.5 Å². The summed E-state index contributed by atoms with van der Waals surface area (Å²) in [6.07, 6.45) is 4.79. The Hall–Kier alpha value is -1.17. The van der Waals surface area contributed by atoms with Crippen LogP contribution in [-0.4, -0.2) is 33.9 Å². The fourth-order valence-electron chi connectivity index (χ4n) is 2.49. The molecule has 0 aliphatic carbocycles. The van der Waals surface area contributed by atoms with Crippen LogP contribution in [0.4, 0.5) is 0 Å². The molecule has 0 aromatic heterocycles. The first-order valence-corrected chi connectivity index (χ1v) is 12.9. The Balaban J connectivity index is 2.22. The number of benzene rings is 1. The van der Waals surface area contributed by atoms with Gasteiger partial charge in [0.25, 0.3) is 0 Å². The van der Waals surface area contributed by atoms with E-state index in [-0.39, 0.29) is 6.61 Å². The van der Waals surface area contributed by atoms with Crippen LogP contribution >= 0.6 is 0 Å². The van der Waals surface area contributed by atoms with Gasteiger partial charge in [-0.15, -0.1) is 0 Å². The van der Waals surface area contributed by atoms with Crippen molar-refractivity contribution in [2.45, 2.75) is 59.2 Å². The molecular formula is C20H34O4Si. The zero-order valence-corrected chi connectivity index (χ0v) is 17.5. The van der Waals surface area contributed by atoms with Crippen LogP contribution in [0.1, 0.15) is 49.9 Å². The lowest BCUT2D eigenvalue weighted by Gasteiger charge is -2.16. The van der Waals surface area contributed by atoms with E-state index in [9.17, 15) is 4.79 Å². The Morgan fingerprint density at radius 2 is 1.76 bits per heavy atom. The highest BCUT2D eigenvalue weighted by atomic mass is 28.3. The van der Waals surface area contributed by atoms with Crippen molar-refractivity contribution in [2.24, 2.45) is 5.92 Å². The average Bonchev–Trinajstić information content (AvgIpc) is 2.59. The maximum Gasteiger partial charge on any atom is 0.373 e. The first kappa shape index (κ1) is 21.9. The third-order valence-corrected chi connectivity index (χ3v) is 6.39. The maximum atomic E-state index is 11.9. The molecule has 5 heteroatoms. The van der Waals surface area contributed by atoms with E-state index >= 15 is 0 Å². The highest BCUT2D eigenvalue weighted by Gasteiger charge is 2.17. The molecule has 0 N–H and O–H groups in total. The van der Waals surface area contributed by atoms with Crippen molar-refractivity contribution in [2.75, 3.05) is 19.8 Å². The summed E-state index contributed by atoms with van der Waals surface area (Å²) >= 11 is 0. The summed E-state index contributed by atoms with van der Waals surface area (Å²) in [4.78, 5) is 21.8. The van der Waals surface area contributed by atoms with Crippen molar-refractivity contribution in [1.29, 1.82) is 0 Å². The lowest BCUT2D eigenvalue weighted by molar-refractivity contribution is -0.247. The summed E-state index contributed by atoms with van der Waals surface area (Å²) in [6.45, 7) is 12.6. The number of ether oxygens (including phenoxy) is 1. The van der Waals surface area contributed by atoms with Gasteiger partial charge < -0.3 is 4.74 Å². The molecule has 1 rings (SSSR count). The third-order valence-electron chi connectivity index (χ3n) is 4.33. The largest absolute Gasteiger partial charge is 0.379 e. The second-order valence-corrected chi connectivity index (χ2v) is 12.6. The SMILES string of the molecule is CCCCC(CC)COCCOOC(=O)c1ccc([Si](C)(C)C)cc1. The number of rotatable bonds is 12. The molecule has 0 fully saturated rings. The van der Waals surface area contributed by atoms with E-state index in [1.807, 2.05) is 12.1 Å². The molecular weight excluding hydrogens is 332 g/mol. The Labute approximate surface area is 153 Å². The van der Waals surface area contributed by atoms with Gasteiger partial charge in [-0.1, -0.05) is 70.1 Å². The number of carbonyl (C=O) groups excluding carboxylic acids is 1. The van der Waals surface area contributed by atoms with E-state index in [1.165, 1.54) is 24.4 Å². The van der Waals surface area contributed by atoms with Gasteiger partial charge in [0.2, 0.25) is 0 Å². The molecule has 0 aliphatic rings. The van der Waals surface area contributed by atoms with E-state index < -0.39 is 14.0 Å². The average molecular weight is 367 g/mol. The van der Waals surface area contributed by atoms with Gasteiger partial charge in [-0.05, 0) is 24.5 Å². The van der Waals surface area contributed by atoms with Gasteiger partial charge in [-0.25, -0.2) is 4.79 Å². The minimum absolute atomic E-state index is 0.253. The van der Waals surface area contributed by atoms with Crippen molar-refractivity contribution in [3.63, 3.8) is 0 Å². The highest BCUT2D eigenvalue weighted by molar-refractivity contribution is 6.88. The van der Waals surface area contributed by atoms with Crippen LogP contribution in [0.3, 0.4) is 0 Å². The van der Waals surface area contributed by atoms with Crippen molar-refractivity contribution < 1.29 is 19.3 Å². The van der Waals surface area contributed by atoms with Crippen LogP contribution in [0.25, 0.3) is 0 Å². The van der Waals surface area contributed by atoms with Gasteiger partial charge in [0.05, 0.1) is 20.2 Å². The van der Waals surface area contributed by atoms with Crippen LogP contribution in [0, 0.1) is 5.92 Å². The lowest BCUT2D eigenvalue weighted by Crippen LogP contribution is -2.37. The zero-order valence-electron chi connectivity index (χ0n) is 16.5. The van der Waals surface area contributed by atoms with E-state index in [0.29, 0.717) is 18.1 Å². The molecule has 0 saturated carbocycles. The summed E-state index contributed by atoms with van der Waals surface area (Å²) in [6, 6.07) is 7.62. The predicted molar refractivity (Wildman–Crippen MR) is 105 cm³/mol. The second kappa shape index (κ2) is 11.4. The topological polar surface area (TPSA) is 44.8 Å². The Kier molecular flexibility index (Phi) is 10.0. The van der Waals surface area contributed by atoms with Gasteiger partial charge in [0, 0.05) is 6.61 Å². The Bertz CT molecular complexity index is 493. The van der Waals surface area contributed by atoms with Gasteiger partial charge in [-0.2, -0.15) is 4.89 Å². The summed E-state index contributed by atoms with van der Waals surface area (Å²) < 4.78 is 5.61. The highest BCUT2D eigenvalue weighted by Crippen LogP contribution is 2.12. The van der Waals surface area contributed by atoms with Crippen LogP contribution in [-0.2, 0) is 14.5 Å². The maximum absolute atomic E-state index is 11.9. The molecule has 25 heavy (non-hydrogen) atoms. The normalized spacial score (nSPS) is 12.8. The van der Waals surface area contributed by atoms with Gasteiger partial charge >= 0.3 is 5.97 Å². The molecule has 0 aliphatic heterocycles. The first-order chi connectivity index (χ1) is 11.9. The van der Waals surface area contributed by atoms with Crippen LogP contribution < -0.4 is 5.19 Å². The molecule has 0 radical (unpaired) electrons. The standard InChI is InChI=1S/C20H34O4Si/c1-6-8-9-17(7-2)16-22-14-15-23-24-20(21)18-10-12-19(13-11-18)25(3,4)5/h10-13,17H,6-9,14-16H2,1-5H3. The molecule has 0 saturated heterocycles. The molecule has 142 valence electrons. The molecule has 0 bridgehead atoms. The number of hydrogen-bond donors (Lipinski definition) is 0. The minimum atomic E-state index is -1.35. The van der Waals surface area contributed by atoms with Crippen molar-refractivity contribution in [3.05, 3.63) is 29.8 Å². The fourth-order valence-corrected chi connectivity index (χ4v) is 3.66. The smallest absolute Gasteiger partial charge is 0.373 e. The Morgan fingerprint density at radius 3 is 2.32 bits per heavy atom. The van der Waals surface area contributed by atoms with Crippen LogP contribution in [0.15, 0.2) is 24.3 Å². The van der Waals surface area contributed by atoms with E-state index in [1.54, 1.807) is 12.1 Å². The van der Waals surface area contributed by atoms with Crippen molar-refractivity contribution in [3.8, 4) is 0 Å². The molecule has 1 aromatic carbocycles. The number of carbonyl (C=O) groups is 1. The molecule has 0 amide bonds. The van der Waals surface area contributed by atoms with E-state index in [2.05, 4.69) is 33.5 Å². The van der Waals surface area contributed by atoms with Gasteiger partial charge in [-0.3, -0.25) is 4.89 Å². The predicted octanol–water partition coefficient (Wildman–Crippen LogP) is 4.55. The molecule has 0 spiro atoms. The van der Waals surface area contributed by atoms with Crippen molar-refractivity contribution >= 4 is 19.2 Å². The quantitative estimate of drug-likeness (QED) is 0.235. The summed E-state index contributed by atoms with van der Waals surface area (Å²) in [5.74, 6) is 0.142. The third kappa shape index (κ3) is 8.65. The van der Waals surface area contributed by atoms with Crippen LogP contribution in [0.5, 0.6) is 0 Å². The number of hydrogen-bond acceptors (Lipinski definition) is 4. The molecule has 1 atom stereocenters. The summed E-state index contributed by atoms with van der Waals surface area (Å²) in [5.41, 5.74) is 0.508. The summed E-state index contributed by atoms with van der Waals surface area (Å²) in [7, 11) is -1.35. The van der Waals surface area contributed by atoms with Crippen LogP contribution in [0.2, 0.25) is 19.6 Å². The molecule has 0 heterocycles. The minimum Gasteiger partial charge on any atom is -0.379 e. The fraction of sp³-hybridized carbons (Fsp3) is 0.650. The Morgan fingerprint density at radius 1 is 1.08 bits per heavy atom. The monoisotopic (exact) mass is 366 g/mol. The molecule has 1 aromatic rings. The van der Waals surface area contributed by atoms with Crippen molar-refractivity contribution in [1.82, 2.24) is 0 Å². The molecule has 1 unspecified atom stereocenters. The van der Waals surface area contributed by atoms with E-state index in [0.717, 1.165) is 13.0 Å². The molecule has 4 nitrogen and oxygen atoms in total. The van der Waals surface area contributed by atoms with Gasteiger partial charge in [0.1, 0.15) is 6.61 Å². The number of unbranched alkanes of at least 4 members (excludes halogenated alkanes) is 1. The second-order valence-electron chi connectivity index (χ2n) is 7.51. The zero-order chi connectivity index (χ0) is 18.7. The summed E-state index contributed by atoms with van der Waals surface area (Å²) in [5, 5.41) is 1.31. The first-order valence-electron chi connectivity index (χ1n) is 9.40. The lowest BCUT2D eigenvalue weighted by atomic mass is 10.0.